The molecule has 0 radical (unpaired) electrons. The van der Waals surface area contributed by atoms with E-state index in [0.29, 0.717) is 6.61 Å². The zero-order valence-electron chi connectivity index (χ0n) is 24.7. The summed E-state index contributed by atoms with van der Waals surface area (Å²) in [7, 11) is 8.16. The molecule has 2 aliphatic rings. The van der Waals surface area contributed by atoms with Crippen LogP contribution >= 0.6 is 22.6 Å². The Hall–Kier alpha value is -2.75. The van der Waals surface area contributed by atoms with E-state index >= 15 is 0 Å². The van der Waals surface area contributed by atoms with Gasteiger partial charge in [-0.05, 0) is 142 Å². The Morgan fingerprint density at radius 3 is 1.98 bits per heavy atom. The van der Waals surface area contributed by atoms with Crippen LogP contribution in [-0.4, -0.2) is 69.4 Å². The van der Waals surface area contributed by atoms with Crippen LogP contribution in [-0.2, 0) is 0 Å². The molecular weight excluding hydrogens is 627 g/mol. The number of aromatic hydroxyl groups is 1. The lowest BCUT2D eigenvalue weighted by Gasteiger charge is -2.31. The summed E-state index contributed by atoms with van der Waals surface area (Å²) in [5.74, 6) is 2.87. The summed E-state index contributed by atoms with van der Waals surface area (Å²) in [5.41, 5.74) is 5.10. The average molecular weight is 671 g/mol. The number of likely N-dealkylation sites (N-methyl/N-ethyl adjacent to an activating group) is 2. The Labute approximate surface area is 259 Å². The number of benzene rings is 3. The van der Waals surface area contributed by atoms with Crippen molar-refractivity contribution in [3.05, 3.63) is 87.0 Å². The number of nitrogens with zero attached hydrogens (tertiary/aromatic N) is 2. The standard InChI is InChI=1S/C24H29NO3.C10H14INO/c1-25(2)14-15-27-19-11-8-17(9-12-19)24-22-7-5-3-4-6-20(22)21-13-10-18(26)16-23(21)28-24;1-12(2)7-8-13-10-5-3-9(11)4-6-10/h8-13,16,24,26H,3-7,14-15H2,1-2H3;3-6H,7-8H2,1-2H3. The smallest absolute Gasteiger partial charge is 0.145 e. The van der Waals surface area contributed by atoms with Gasteiger partial charge in [0.15, 0.2) is 0 Å². The molecule has 3 aromatic rings. The zero-order valence-corrected chi connectivity index (χ0v) is 26.9. The van der Waals surface area contributed by atoms with Gasteiger partial charge in [-0.25, -0.2) is 0 Å². The van der Waals surface area contributed by atoms with Crippen LogP contribution in [0.25, 0.3) is 5.57 Å². The third-order valence-corrected chi connectivity index (χ3v) is 7.94. The Bertz CT molecular complexity index is 1270. The summed E-state index contributed by atoms with van der Waals surface area (Å²) < 4.78 is 19.0. The van der Waals surface area contributed by atoms with Crippen molar-refractivity contribution in [1.29, 1.82) is 0 Å². The molecule has 220 valence electrons. The number of phenolic OH excluding ortho intramolecular Hbond substituents is 1. The van der Waals surface area contributed by atoms with E-state index in [1.54, 1.807) is 12.1 Å². The fourth-order valence-corrected chi connectivity index (χ4v) is 5.35. The zero-order chi connectivity index (χ0) is 29.2. The Kier molecular flexibility index (Phi) is 11.8. The van der Waals surface area contributed by atoms with Gasteiger partial charge in [0, 0.05) is 28.3 Å². The van der Waals surface area contributed by atoms with Gasteiger partial charge in [-0.15, -0.1) is 0 Å². The second-order valence-electron chi connectivity index (χ2n) is 11.1. The number of hydrogen-bond donors (Lipinski definition) is 1. The van der Waals surface area contributed by atoms with Crippen molar-refractivity contribution >= 4 is 28.2 Å². The van der Waals surface area contributed by atoms with E-state index in [9.17, 15) is 5.11 Å². The minimum absolute atomic E-state index is 0.0850. The molecule has 1 aliphatic carbocycles. The Morgan fingerprint density at radius 2 is 1.37 bits per heavy atom. The number of rotatable bonds is 9. The minimum atomic E-state index is -0.0850. The van der Waals surface area contributed by atoms with Crippen molar-refractivity contribution in [3.8, 4) is 23.0 Å². The average Bonchev–Trinajstić information content (AvgIpc) is 3.20. The van der Waals surface area contributed by atoms with Crippen molar-refractivity contribution in [2.45, 2.75) is 38.2 Å². The lowest BCUT2D eigenvalue weighted by molar-refractivity contribution is 0.231. The number of halogens is 1. The summed E-state index contributed by atoms with van der Waals surface area (Å²) in [5, 5.41) is 9.94. The molecule has 0 spiro atoms. The second kappa shape index (κ2) is 15.5. The predicted octanol–water partition coefficient (Wildman–Crippen LogP) is 7.42. The SMILES string of the molecule is CN(C)CCOc1ccc(C2Oc3cc(O)ccc3C3=C2CCCCC3)cc1.CN(C)CCOc1ccc(I)cc1. The van der Waals surface area contributed by atoms with Crippen LogP contribution in [0.5, 0.6) is 23.0 Å². The summed E-state index contributed by atoms with van der Waals surface area (Å²) in [4.78, 5) is 4.21. The third-order valence-electron chi connectivity index (χ3n) is 7.22. The maximum Gasteiger partial charge on any atom is 0.145 e. The van der Waals surface area contributed by atoms with E-state index in [4.69, 9.17) is 14.2 Å². The maximum absolute atomic E-state index is 9.94. The summed E-state index contributed by atoms with van der Waals surface area (Å²) in [6.07, 6.45) is 5.74. The molecule has 0 amide bonds. The molecule has 0 bridgehead atoms. The van der Waals surface area contributed by atoms with E-state index < -0.39 is 0 Å². The molecular formula is C34H43IN2O4. The normalized spacial score (nSPS) is 16.2. The molecule has 41 heavy (non-hydrogen) atoms. The molecule has 1 unspecified atom stereocenters. The van der Waals surface area contributed by atoms with Gasteiger partial charge in [0.25, 0.3) is 0 Å². The molecule has 1 N–H and O–H groups in total. The van der Waals surface area contributed by atoms with Gasteiger partial charge in [0.2, 0.25) is 0 Å². The van der Waals surface area contributed by atoms with Crippen molar-refractivity contribution in [2.75, 3.05) is 54.5 Å². The van der Waals surface area contributed by atoms with Crippen molar-refractivity contribution in [2.24, 2.45) is 0 Å². The lowest BCUT2D eigenvalue weighted by Crippen LogP contribution is -2.19. The first-order chi connectivity index (χ1) is 19.8. The summed E-state index contributed by atoms with van der Waals surface area (Å²) in [6.45, 7) is 3.26. The molecule has 7 heteroatoms. The quantitative estimate of drug-likeness (QED) is 0.240. The van der Waals surface area contributed by atoms with Gasteiger partial charge in [-0.2, -0.15) is 0 Å². The molecule has 6 nitrogen and oxygen atoms in total. The first-order valence-electron chi connectivity index (χ1n) is 14.4. The number of hydrogen-bond acceptors (Lipinski definition) is 6. The van der Waals surface area contributed by atoms with Gasteiger partial charge in [-0.1, -0.05) is 18.6 Å². The molecule has 0 aromatic heterocycles. The first-order valence-corrected chi connectivity index (χ1v) is 15.5. The molecule has 0 saturated heterocycles. The van der Waals surface area contributed by atoms with Gasteiger partial charge >= 0.3 is 0 Å². The lowest BCUT2D eigenvalue weighted by atomic mass is 9.87. The first kappa shape index (κ1) is 31.2. The van der Waals surface area contributed by atoms with Gasteiger partial charge in [0.05, 0.1) is 0 Å². The Balaban J connectivity index is 0.000000251. The predicted molar refractivity (Wildman–Crippen MR) is 175 cm³/mol. The topological polar surface area (TPSA) is 54.4 Å². The monoisotopic (exact) mass is 670 g/mol. The second-order valence-corrected chi connectivity index (χ2v) is 12.3. The Morgan fingerprint density at radius 1 is 0.780 bits per heavy atom. The molecule has 3 aromatic carbocycles. The van der Waals surface area contributed by atoms with Crippen LogP contribution in [0.3, 0.4) is 0 Å². The fraction of sp³-hybridized carbons (Fsp3) is 0.412. The highest BCUT2D eigenvalue weighted by Crippen LogP contribution is 2.48. The summed E-state index contributed by atoms with van der Waals surface area (Å²) >= 11 is 2.28. The number of allylic oxidation sites excluding steroid dienone is 1. The number of ether oxygens (including phenoxy) is 3. The molecule has 1 atom stereocenters. The van der Waals surface area contributed by atoms with E-state index in [-0.39, 0.29) is 11.9 Å². The van der Waals surface area contributed by atoms with E-state index in [0.717, 1.165) is 60.9 Å². The van der Waals surface area contributed by atoms with Gasteiger partial charge in [0.1, 0.15) is 42.3 Å². The maximum atomic E-state index is 9.94. The third kappa shape index (κ3) is 9.38. The molecule has 5 rings (SSSR count). The highest BCUT2D eigenvalue weighted by atomic mass is 127. The van der Waals surface area contributed by atoms with E-state index in [2.05, 4.69) is 44.5 Å². The van der Waals surface area contributed by atoms with Crippen LogP contribution in [0.1, 0.15) is 49.3 Å². The molecule has 0 saturated carbocycles. The highest BCUT2D eigenvalue weighted by Gasteiger charge is 2.30. The van der Waals surface area contributed by atoms with Crippen LogP contribution in [0.15, 0.2) is 72.3 Å². The molecule has 1 aliphatic heterocycles. The van der Waals surface area contributed by atoms with E-state index in [1.165, 1.54) is 34.0 Å². The van der Waals surface area contributed by atoms with E-state index in [1.807, 2.05) is 70.7 Å². The van der Waals surface area contributed by atoms with Crippen LogP contribution < -0.4 is 14.2 Å². The number of fused-ring (bicyclic) bond motifs is 2. The van der Waals surface area contributed by atoms with Crippen LogP contribution in [0, 0.1) is 3.57 Å². The van der Waals surface area contributed by atoms with Crippen LogP contribution in [0.2, 0.25) is 0 Å². The van der Waals surface area contributed by atoms with Gasteiger partial charge < -0.3 is 29.1 Å². The molecule has 1 heterocycles. The minimum Gasteiger partial charge on any atom is -0.508 e. The van der Waals surface area contributed by atoms with Crippen molar-refractivity contribution in [1.82, 2.24) is 9.80 Å². The largest absolute Gasteiger partial charge is 0.508 e. The van der Waals surface area contributed by atoms with Crippen molar-refractivity contribution < 1.29 is 19.3 Å². The summed E-state index contributed by atoms with van der Waals surface area (Å²) in [6, 6.07) is 21.9. The number of phenols is 1. The van der Waals surface area contributed by atoms with Gasteiger partial charge in [-0.3, -0.25) is 0 Å². The molecule has 0 fully saturated rings. The highest BCUT2D eigenvalue weighted by molar-refractivity contribution is 14.1. The van der Waals surface area contributed by atoms with Crippen LogP contribution in [0.4, 0.5) is 0 Å². The fourth-order valence-electron chi connectivity index (χ4n) is 4.99. The van der Waals surface area contributed by atoms with Crippen molar-refractivity contribution in [3.63, 3.8) is 0 Å².